The number of ether oxygens (including phenoxy) is 2. The molecule has 1 heterocycles. The van der Waals surface area contributed by atoms with Crippen LogP contribution in [0.5, 0.6) is 0 Å². The third kappa shape index (κ3) is 8.57. The van der Waals surface area contributed by atoms with Crippen molar-refractivity contribution in [3.8, 4) is 0 Å². The number of piperidine rings is 1. The van der Waals surface area contributed by atoms with Crippen molar-refractivity contribution in [2.75, 3.05) is 19.8 Å². The van der Waals surface area contributed by atoms with Crippen LogP contribution in [0.1, 0.15) is 64.7 Å². The number of hydrogen-bond donors (Lipinski definition) is 4. The first-order valence-electron chi connectivity index (χ1n) is 10.8. The Morgan fingerprint density at radius 1 is 1.10 bits per heavy atom. The number of amidine groups is 1. The SMILES string of the molecule is CC(=O)OCCCCCOC(=O)C1CC2CC(CC/C(N)=N/NN)CCC2CN1. The predicted molar refractivity (Wildman–Crippen MR) is 110 cm³/mol. The molecular formula is C20H37N5O4. The van der Waals surface area contributed by atoms with Crippen molar-refractivity contribution >= 4 is 17.8 Å². The molecule has 0 aromatic carbocycles. The van der Waals surface area contributed by atoms with Crippen molar-refractivity contribution in [1.29, 1.82) is 0 Å². The van der Waals surface area contributed by atoms with Crippen LogP contribution < -0.4 is 22.4 Å². The quantitative estimate of drug-likeness (QED) is 0.0991. The molecule has 1 aliphatic heterocycles. The second-order valence-electron chi connectivity index (χ2n) is 8.23. The smallest absolute Gasteiger partial charge is 0.323 e. The number of carbonyl (C=O) groups excluding carboxylic acids is 2. The highest BCUT2D eigenvalue weighted by molar-refractivity contribution is 5.79. The predicted octanol–water partition coefficient (Wildman–Crippen LogP) is 1.17. The summed E-state index contributed by atoms with van der Waals surface area (Å²) < 4.78 is 10.3. The number of carbonyl (C=O) groups is 2. The van der Waals surface area contributed by atoms with E-state index < -0.39 is 0 Å². The van der Waals surface area contributed by atoms with Gasteiger partial charge in [0.25, 0.3) is 0 Å². The number of nitrogens with zero attached hydrogens (tertiary/aromatic N) is 1. The molecule has 166 valence electrons. The van der Waals surface area contributed by atoms with E-state index in [-0.39, 0.29) is 18.0 Å². The number of nitrogens with two attached hydrogens (primary N) is 2. The first-order chi connectivity index (χ1) is 14.0. The van der Waals surface area contributed by atoms with Crippen LogP contribution >= 0.6 is 0 Å². The molecule has 4 atom stereocenters. The number of fused-ring (bicyclic) bond motifs is 1. The minimum atomic E-state index is -0.257. The highest BCUT2D eigenvalue weighted by Crippen LogP contribution is 2.40. The van der Waals surface area contributed by atoms with E-state index in [1.54, 1.807) is 0 Å². The number of unbranched alkanes of at least 4 members (excludes halogenated alkanes) is 2. The van der Waals surface area contributed by atoms with Gasteiger partial charge in [-0.15, -0.1) is 0 Å². The minimum Gasteiger partial charge on any atom is -0.466 e. The van der Waals surface area contributed by atoms with Crippen LogP contribution in [0.4, 0.5) is 0 Å². The van der Waals surface area contributed by atoms with E-state index in [1.807, 2.05) is 0 Å². The topological polar surface area (TPSA) is 141 Å². The van der Waals surface area contributed by atoms with Crippen LogP contribution in [-0.2, 0) is 19.1 Å². The van der Waals surface area contributed by atoms with E-state index in [1.165, 1.54) is 19.8 Å². The van der Waals surface area contributed by atoms with Gasteiger partial charge in [-0.1, -0.05) is 6.42 Å². The summed E-state index contributed by atoms with van der Waals surface area (Å²) in [6.45, 7) is 3.14. The fraction of sp³-hybridized carbons (Fsp3) is 0.850. The molecule has 0 aromatic heterocycles. The number of esters is 2. The molecule has 9 nitrogen and oxygen atoms in total. The van der Waals surface area contributed by atoms with Crippen LogP contribution in [0.3, 0.4) is 0 Å². The summed E-state index contributed by atoms with van der Waals surface area (Å²) in [5, 5.41) is 7.19. The Labute approximate surface area is 173 Å². The van der Waals surface area contributed by atoms with Gasteiger partial charge in [0, 0.05) is 13.3 Å². The van der Waals surface area contributed by atoms with Gasteiger partial charge < -0.3 is 20.5 Å². The second kappa shape index (κ2) is 12.6. The molecule has 1 saturated carbocycles. The van der Waals surface area contributed by atoms with Gasteiger partial charge in [-0.2, -0.15) is 5.10 Å². The molecule has 0 amide bonds. The molecule has 0 radical (unpaired) electrons. The maximum atomic E-state index is 12.4. The molecule has 2 rings (SSSR count). The van der Waals surface area contributed by atoms with E-state index in [9.17, 15) is 9.59 Å². The Kier molecular flexibility index (Phi) is 10.2. The van der Waals surface area contributed by atoms with Crippen molar-refractivity contribution in [1.82, 2.24) is 10.9 Å². The van der Waals surface area contributed by atoms with Crippen LogP contribution in [0.15, 0.2) is 5.10 Å². The summed E-state index contributed by atoms with van der Waals surface area (Å²) in [7, 11) is 0. The molecule has 2 aliphatic rings. The van der Waals surface area contributed by atoms with Crippen molar-refractivity contribution in [2.24, 2.45) is 34.4 Å². The van der Waals surface area contributed by atoms with E-state index in [4.69, 9.17) is 21.1 Å². The lowest BCUT2D eigenvalue weighted by molar-refractivity contribution is -0.148. The molecule has 2 fully saturated rings. The minimum absolute atomic E-state index is 0.143. The largest absolute Gasteiger partial charge is 0.466 e. The summed E-state index contributed by atoms with van der Waals surface area (Å²) in [5.41, 5.74) is 8.04. The molecule has 1 aliphatic carbocycles. The summed E-state index contributed by atoms with van der Waals surface area (Å²) >= 11 is 0. The zero-order valence-electron chi connectivity index (χ0n) is 17.5. The number of nitrogens with one attached hydrogen (secondary N) is 2. The highest BCUT2D eigenvalue weighted by Gasteiger charge is 2.38. The van der Waals surface area contributed by atoms with Crippen molar-refractivity contribution in [3.63, 3.8) is 0 Å². The van der Waals surface area contributed by atoms with Gasteiger partial charge in [-0.05, 0) is 69.2 Å². The fourth-order valence-corrected chi connectivity index (χ4v) is 4.46. The first-order valence-corrected chi connectivity index (χ1v) is 10.8. The molecular weight excluding hydrogens is 374 g/mol. The molecule has 1 saturated heterocycles. The summed E-state index contributed by atoms with van der Waals surface area (Å²) in [4.78, 5) is 23.1. The van der Waals surface area contributed by atoms with Crippen LogP contribution in [0, 0.1) is 17.8 Å². The molecule has 29 heavy (non-hydrogen) atoms. The summed E-state index contributed by atoms with van der Waals surface area (Å²) in [5.74, 6) is 7.12. The van der Waals surface area contributed by atoms with Gasteiger partial charge in [-0.25, -0.2) is 11.4 Å². The fourth-order valence-electron chi connectivity index (χ4n) is 4.46. The molecule has 0 spiro atoms. The molecule has 6 N–H and O–H groups in total. The van der Waals surface area contributed by atoms with Gasteiger partial charge in [0.05, 0.1) is 13.2 Å². The average molecular weight is 412 g/mol. The summed E-state index contributed by atoms with van der Waals surface area (Å²) in [6.07, 6.45) is 8.58. The van der Waals surface area contributed by atoms with Gasteiger partial charge >= 0.3 is 11.9 Å². The van der Waals surface area contributed by atoms with Crippen molar-refractivity contribution in [2.45, 2.75) is 70.8 Å². The zero-order chi connectivity index (χ0) is 21.1. The van der Waals surface area contributed by atoms with Crippen LogP contribution in [0.25, 0.3) is 0 Å². The van der Waals surface area contributed by atoms with Crippen LogP contribution in [-0.4, -0.2) is 43.6 Å². The van der Waals surface area contributed by atoms with E-state index >= 15 is 0 Å². The van der Waals surface area contributed by atoms with Gasteiger partial charge in [-0.3, -0.25) is 9.59 Å². The van der Waals surface area contributed by atoms with E-state index in [0.717, 1.165) is 51.5 Å². The number of rotatable bonds is 11. The highest BCUT2D eigenvalue weighted by atomic mass is 16.5. The maximum Gasteiger partial charge on any atom is 0.323 e. The Bertz CT molecular complexity index is 557. The number of hydrazone groups is 1. The molecule has 4 unspecified atom stereocenters. The third-order valence-electron chi connectivity index (χ3n) is 6.05. The van der Waals surface area contributed by atoms with E-state index in [0.29, 0.717) is 36.8 Å². The normalized spacial score (nSPS) is 27.0. The standard InChI is InChI=1S/C20H37N5O4/c1-14(26)28-9-3-2-4-10-29-20(27)18-12-17-11-15(5-7-16(17)13-23-18)6-8-19(21)24-25-22/h15-18,23,25H,2-13,22H2,1H3,(H2,21,24). The Balaban J connectivity index is 1.65. The average Bonchev–Trinajstić information content (AvgIpc) is 2.70. The van der Waals surface area contributed by atoms with Crippen molar-refractivity contribution < 1.29 is 19.1 Å². The molecule has 0 aromatic rings. The Morgan fingerprint density at radius 2 is 1.86 bits per heavy atom. The van der Waals surface area contributed by atoms with Crippen LogP contribution in [0.2, 0.25) is 0 Å². The molecule has 9 heteroatoms. The maximum absolute atomic E-state index is 12.4. The lowest BCUT2D eigenvalue weighted by Gasteiger charge is -2.42. The van der Waals surface area contributed by atoms with E-state index in [2.05, 4.69) is 16.0 Å². The summed E-state index contributed by atoms with van der Waals surface area (Å²) in [6, 6.07) is -0.205. The zero-order valence-corrected chi connectivity index (χ0v) is 17.5. The monoisotopic (exact) mass is 411 g/mol. The Hall–Kier alpha value is -1.87. The number of hydrazine groups is 1. The molecule has 0 bridgehead atoms. The lowest BCUT2D eigenvalue weighted by atomic mass is 9.69. The van der Waals surface area contributed by atoms with Gasteiger partial charge in [0.2, 0.25) is 0 Å². The second-order valence-corrected chi connectivity index (χ2v) is 8.23. The van der Waals surface area contributed by atoms with Crippen molar-refractivity contribution in [3.05, 3.63) is 0 Å². The third-order valence-corrected chi connectivity index (χ3v) is 6.05. The van der Waals surface area contributed by atoms with Gasteiger partial charge in [0.1, 0.15) is 11.9 Å². The van der Waals surface area contributed by atoms with Gasteiger partial charge in [0.15, 0.2) is 0 Å². The Morgan fingerprint density at radius 3 is 2.59 bits per heavy atom. The lowest BCUT2D eigenvalue weighted by Crippen LogP contribution is -2.50. The number of hydrogen-bond acceptors (Lipinski definition) is 8. The first kappa shape index (κ1) is 23.4.